The molecule has 1 aliphatic carbocycles. The molecule has 1 amide bonds. The first-order valence-electron chi connectivity index (χ1n) is 8.09. The standard InChI is InChI=1S/C17H25NO5/c1-5-11(6-2)18-17(20)23-16-14-10(3)7-8-12(14)13(9-22-16)15(19)21-4/h7,9,11-12,14,16H,5-6,8H2,1-4H3,(H,18,20). The van der Waals surface area contributed by atoms with Gasteiger partial charge >= 0.3 is 12.1 Å². The number of allylic oxidation sites excluding steroid dienone is 1. The summed E-state index contributed by atoms with van der Waals surface area (Å²) < 4.78 is 15.8. The Labute approximate surface area is 136 Å². The number of carbonyl (C=O) groups excluding carboxylic acids is 2. The number of esters is 1. The Kier molecular flexibility index (Phi) is 5.69. The number of methoxy groups -OCH3 is 1. The minimum Gasteiger partial charge on any atom is -0.466 e. The molecule has 2 rings (SSSR count). The highest BCUT2D eigenvalue weighted by molar-refractivity contribution is 5.89. The molecule has 0 aromatic carbocycles. The van der Waals surface area contributed by atoms with E-state index in [1.54, 1.807) is 0 Å². The molecule has 23 heavy (non-hydrogen) atoms. The molecule has 2 aliphatic rings. The van der Waals surface area contributed by atoms with E-state index in [1.165, 1.54) is 13.4 Å². The molecule has 1 aliphatic heterocycles. The molecule has 0 bridgehead atoms. The average Bonchev–Trinajstić information content (AvgIpc) is 2.94. The summed E-state index contributed by atoms with van der Waals surface area (Å²) in [6.45, 7) is 5.98. The molecule has 1 heterocycles. The van der Waals surface area contributed by atoms with Crippen LogP contribution in [0.5, 0.6) is 0 Å². The van der Waals surface area contributed by atoms with Crippen molar-refractivity contribution in [3.63, 3.8) is 0 Å². The molecule has 0 aromatic rings. The van der Waals surface area contributed by atoms with Crippen molar-refractivity contribution in [2.45, 2.75) is 52.4 Å². The first-order valence-corrected chi connectivity index (χ1v) is 8.09. The Morgan fingerprint density at radius 3 is 2.70 bits per heavy atom. The fraction of sp³-hybridized carbons (Fsp3) is 0.647. The van der Waals surface area contributed by atoms with Crippen LogP contribution in [-0.4, -0.2) is 31.5 Å². The van der Waals surface area contributed by atoms with Gasteiger partial charge in [-0.25, -0.2) is 9.59 Å². The first-order chi connectivity index (χ1) is 11.0. The lowest BCUT2D eigenvalue weighted by molar-refractivity contribution is -0.141. The highest BCUT2D eigenvalue weighted by Crippen LogP contribution is 2.43. The molecular formula is C17H25NO5. The second-order valence-corrected chi connectivity index (χ2v) is 5.95. The molecule has 3 unspecified atom stereocenters. The lowest BCUT2D eigenvalue weighted by Crippen LogP contribution is -2.42. The summed E-state index contributed by atoms with van der Waals surface area (Å²) in [5, 5.41) is 2.83. The van der Waals surface area contributed by atoms with Gasteiger partial charge in [-0.1, -0.05) is 25.5 Å². The fourth-order valence-corrected chi connectivity index (χ4v) is 3.17. The van der Waals surface area contributed by atoms with Gasteiger partial charge in [-0.3, -0.25) is 0 Å². The molecule has 0 fully saturated rings. The van der Waals surface area contributed by atoms with Crippen molar-refractivity contribution in [3.05, 3.63) is 23.5 Å². The maximum absolute atomic E-state index is 12.1. The smallest absolute Gasteiger partial charge is 0.410 e. The van der Waals surface area contributed by atoms with Gasteiger partial charge in [-0.15, -0.1) is 0 Å². The molecule has 0 radical (unpaired) electrons. The second kappa shape index (κ2) is 7.53. The van der Waals surface area contributed by atoms with Crippen molar-refractivity contribution in [2.24, 2.45) is 11.8 Å². The predicted octanol–water partition coefficient (Wildman–Crippen LogP) is 2.90. The van der Waals surface area contributed by atoms with Gasteiger partial charge in [0, 0.05) is 12.0 Å². The number of amides is 1. The normalized spacial score (nSPS) is 25.9. The van der Waals surface area contributed by atoms with Gasteiger partial charge in [0.2, 0.25) is 0 Å². The fourth-order valence-electron chi connectivity index (χ4n) is 3.17. The van der Waals surface area contributed by atoms with Crippen molar-refractivity contribution < 1.29 is 23.8 Å². The quantitative estimate of drug-likeness (QED) is 0.622. The lowest BCUT2D eigenvalue weighted by atomic mass is 9.84. The largest absolute Gasteiger partial charge is 0.466 e. The van der Waals surface area contributed by atoms with Gasteiger partial charge in [0.1, 0.15) is 0 Å². The van der Waals surface area contributed by atoms with E-state index < -0.39 is 18.4 Å². The van der Waals surface area contributed by atoms with E-state index in [-0.39, 0.29) is 17.9 Å². The molecule has 128 valence electrons. The highest BCUT2D eigenvalue weighted by atomic mass is 16.7. The van der Waals surface area contributed by atoms with Crippen LogP contribution in [0.1, 0.15) is 40.0 Å². The van der Waals surface area contributed by atoms with Gasteiger partial charge < -0.3 is 19.5 Å². The van der Waals surface area contributed by atoms with Crippen LogP contribution < -0.4 is 5.32 Å². The van der Waals surface area contributed by atoms with Crippen LogP contribution in [-0.2, 0) is 19.0 Å². The maximum atomic E-state index is 12.1. The maximum Gasteiger partial charge on any atom is 0.410 e. The Morgan fingerprint density at radius 1 is 1.39 bits per heavy atom. The molecule has 6 heteroatoms. The summed E-state index contributed by atoms with van der Waals surface area (Å²) in [6.07, 6.45) is 4.61. The minimum atomic E-state index is -0.721. The van der Waals surface area contributed by atoms with Crippen molar-refractivity contribution in [1.29, 1.82) is 0 Å². The van der Waals surface area contributed by atoms with Crippen molar-refractivity contribution in [3.8, 4) is 0 Å². The Hall–Kier alpha value is -1.98. The number of nitrogens with one attached hydrogen (secondary N) is 1. The van der Waals surface area contributed by atoms with Gasteiger partial charge in [0.15, 0.2) is 0 Å². The second-order valence-electron chi connectivity index (χ2n) is 5.95. The minimum absolute atomic E-state index is 0.0675. The molecule has 0 spiro atoms. The number of carbonyl (C=O) groups is 2. The number of rotatable bonds is 5. The lowest BCUT2D eigenvalue weighted by Gasteiger charge is -2.34. The van der Waals surface area contributed by atoms with Crippen LogP contribution in [0.4, 0.5) is 4.79 Å². The SMILES string of the molecule is CCC(CC)NC(=O)OC1OC=C(C(=O)OC)C2CC=C(C)C12. The zero-order chi connectivity index (χ0) is 17.0. The Bertz CT molecular complexity index is 521. The summed E-state index contributed by atoms with van der Waals surface area (Å²) in [4.78, 5) is 23.9. The Balaban J connectivity index is 2.08. The number of hydrogen-bond acceptors (Lipinski definition) is 5. The van der Waals surface area contributed by atoms with Crippen molar-refractivity contribution >= 4 is 12.1 Å². The van der Waals surface area contributed by atoms with Crippen molar-refractivity contribution in [2.75, 3.05) is 7.11 Å². The van der Waals surface area contributed by atoms with Gasteiger partial charge in [-0.2, -0.15) is 0 Å². The van der Waals surface area contributed by atoms with E-state index in [2.05, 4.69) is 11.4 Å². The van der Waals surface area contributed by atoms with Crippen LogP contribution >= 0.6 is 0 Å². The third-order valence-corrected chi connectivity index (χ3v) is 4.63. The third-order valence-electron chi connectivity index (χ3n) is 4.63. The molecule has 1 N–H and O–H groups in total. The monoisotopic (exact) mass is 323 g/mol. The number of ether oxygens (including phenoxy) is 3. The van der Waals surface area contributed by atoms with E-state index in [9.17, 15) is 9.59 Å². The summed E-state index contributed by atoms with van der Waals surface area (Å²) in [6, 6.07) is 0.0864. The van der Waals surface area contributed by atoms with E-state index in [0.29, 0.717) is 5.57 Å². The van der Waals surface area contributed by atoms with E-state index in [1.807, 2.05) is 20.8 Å². The summed E-state index contributed by atoms with van der Waals surface area (Å²) in [7, 11) is 1.35. The third kappa shape index (κ3) is 3.68. The number of hydrogen-bond donors (Lipinski definition) is 1. The molecular weight excluding hydrogens is 298 g/mol. The average molecular weight is 323 g/mol. The van der Waals surface area contributed by atoms with E-state index in [0.717, 1.165) is 24.8 Å². The van der Waals surface area contributed by atoms with Crippen molar-refractivity contribution in [1.82, 2.24) is 5.32 Å². The summed E-state index contributed by atoms with van der Waals surface area (Å²) in [5.74, 6) is -0.619. The summed E-state index contributed by atoms with van der Waals surface area (Å²) in [5.41, 5.74) is 1.55. The zero-order valence-electron chi connectivity index (χ0n) is 14.1. The van der Waals surface area contributed by atoms with Gasteiger partial charge in [0.05, 0.1) is 24.9 Å². The van der Waals surface area contributed by atoms with Crippen LogP contribution in [0, 0.1) is 11.8 Å². The van der Waals surface area contributed by atoms with E-state index in [4.69, 9.17) is 14.2 Å². The molecule has 0 saturated carbocycles. The van der Waals surface area contributed by atoms with E-state index >= 15 is 0 Å². The predicted molar refractivity (Wildman–Crippen MR) is 84.3 cm³/mol. The summed E-state index contributed by atoms with van der Waals surface area (Å²) >= 11 is 0. The number of alkyl carbamates (subject to hydrolysis) is 1. The molecule has 3 atom stereocenters. The first kappa shape index (κ1) is 17.4. The van der Waals surface area contributed by atoms with Crippen LogP contribution in [0.25, 0.3) is 0 Å². The zero-order valence-corrected chi connectivity index (χ0v) is 14.1. The molecule has 0 saturated heterocycles. The van der Waals surface area contributed by atoms with Gasteiger partial charge in [0.25, 0.3) is 6.29 Å². The molecule has 0 aromatic heterocycles. The number of fused-ring (bicyclic) bond motifs is 1. The van der Waals surface area contributed by atoms with Gasteiger partial charge in [-0.05, 0) is 26.2 Å². The topological polar surface area (TPSA) is 73.9 Å². The van der Waals surface area contributed by atoms with Crippen LogP contribution in [0.2, 0.25) is 0 Å². The Morgan fingerprint density at radius 2 is 2.09 bits per heavy atom. The van der Waals surface area contributed by atoms with Crippen LogP contribution in [0.15, 0.2) is 23.5 Å². The van der Waals surface area contributed by atoms with Crippen LogP contribution in [0.3, 0.4) is 0 Å². The highest BCUT2D eigenvalue weighted by Gasteiger charge is 2.44. The molecule has 6 nitrogen and oxygen atoms in total.